The van der Waals surface area contributed by atoms with Crippen molar-refractivity contribution in [3.05, 3.63) is 71.5 Å². The van der Waals surface area contributed by atoms with Gasteiger partial charge in [0.1, 0.15) is 5.75 Å². The Morgan fingerprint density at radius 2 is 1.75 bits per heavy atom. The molecule has 0 spiro atoms. The third kappa shape index (κ3) is 3.62. The van der Waals surface area contributed by atoms with E-state index in [9.17, 15) is 18.3 Å². The highest BCUT2D eigenvalue weighted by atomic mass is 19.4. The molecule has 0 fully saturated rings. The number of alkyl halides is 3. The molecule has 0 atom stereocenters. The second-order valence-corrected chi connectivity index (χ2v) is 6.17. The Bertz CT molecular complexity index is 1050. The third-order valence-electron chi connectivity index (χ3n) is 4.34. The second-order valence-electron chi connectivity index (χ2n) is 6.17. The number of nitrogens with two attached hydrogens (primary N) is 1. The van der Waals surface area contributed by atoms with Crippen LogP contribution in [0, 0.1) is 6.92 Å². The van der Waals surface area contributed by atoms with Gasteiger partial charge in [-0.25, -0.2) is 0 Å². The lowest BCUT2D eigenvalue weighted by Crippen LogP contribution is -2.17. The first-order valence-electron chi connectivity index (χ1n) is 8.16. The molecule has 2 aromatic carbocycles. The van der Waals surface area contributed by atoms with E-state index in [-0.39, 0.29) is 16.9 Å². The molecule has 144 valence electrons. The summed E-state index contributed by atoms with van der Waals surface area (Å²) < 4.78 is 40.5. The van der Waals surface area contributed by atoms with Crippen molar-refractivity contribution in [1.82, 2.24) is 4.98 Å². The van der Waals surface area contributed by atoms with Gasteiger partial charge in [0.15, 0.2) is 5.84 Å². The summed E-state index contributed by atoms with van der Waals surface area (Å²) in [7, 11) is 0. The van der Waals surface area contributed by atoms with Gasteiger partial charge in [-0.2, -0.15) is 13.2 Å². The average Bonchev–Trinajstić information content (AvgIpc) is 2.67. The normalized spacial score (nSPS) is 12.2. The summed E-state index contributed by atoms with van der Waals surface area (Å²) in [5.41, 5.74) is 7.00. The van der Waals surface area contributed by atoms with Gasteiger partial charge < -0.3 is 16.0 Å². The van der Waals surface area contributed by atoms with Gasteiger partial charge in [0.25, 0.3) is 0 Å². The lowest BCUT2D eigenvalue weighted by molar-refractivity contribution is -0.137. The van der Waals surface area contributed by atoms with Gasteiger partial charge in [0.2, 0.25) is 0 Å². The number of halogens is 3. The highest BCUT2D eigenvalue weighted by Gasteiger charge is 2.33. The van der Waals surface area contributed by atoms with Crippen molar-refractivity contribution < 1.29 is 23.5 Å². The first-order chi connectivity index (χ1) is 13.2. The summed E-state index contributed by atoms with van der Waals surface area (Å²) in [6.07, 6.45) is -1.57. The predicted molar refractivity (Wildman–Crippen MR) is 99.0 cm³/mol. The number of nitrogens with zero attached hydrogens (tertiary/aromatic N) is 2. The Labute approximate surface area is 158 Å². The molecule has 0 aliphatic rings. The molecule has 3 aromatic rings. The molecule has 0 aliphatic heterocycles. The van der Waals surface area contributed by atoms with Crippen LogP contribution < -0.4 is 5.73 Å². The van der Waals surface area contributed by atoms with Crippen LogP contribution in [0.1, 0.15) is 16.7 Å². The molecular formula is C20H16F3N3O2. The molecule has 5 nitrogen and oxygen atoms in total. The molecule has 0 radical (unpaired) electrons. The fourth-order valence-corrected chi connectivity index (χ4v) is 2.95. The van der Waals surface area contributed by atoms with Crippen molar-refractivity contribution in [2.75, 3.05) is 0 Å². The molecule has 28 heavy (non-hydrogen) atoms. The van der Waals surface area contributed by atoms with E-state index in [4.69, 9.17) is 10.9 Å². The van der Waals surface area contributed by atoms with Crippen LogP contribution in [0.3, 0.4) is 0 Å². The number of rotatable bonds is 3. The average molecular weight is 387 g/mol. The number of pyridine rings is 1. The van der Waals surface area contributed by atoms with Gasteiger partial charge in [0, 0.05) is 29.1 Å². The van der Waals surface area contributed by atoms with E-state index in [0.29, 0.717) is 16.7 Å². The molecule has 0 unspecified atom stereocenters. The van der Waals surface area contributed by atoms with E-state index in [2.05, 4.69) is 10.1 Å². The first kappa shape index (κ1) is 19.2. The third-order valence-corrected chi connectivity index (χ3v) is 4.34. The van der Waals surface area contributed by atoms with Crippen LogP contribution in [0.5, 0.6) is 5.75 Å². The summed E-state index contributed by atoms with van der Waals surface area (Å²) in [5, 5.41) is 21.6. The van der Waals surface area contributed by atoms with Crippen molar-refractivity contribution in [2.24, 2.45) is 10.9 Å². The molecular weight excluding hydrogens is 371 g/mol. The fourth-order valence-electron chi connectivity index (χ4n) is 2.95. The number of hydrogen-bond donors (Lipinski definition) is 3. The summed E-state index contributed by atoms with van der Waals surface area (Å²) >= 11 is 0. The summed E-state index contributed by atoms with van der Waals surface area (Å²) in [5.74, 6) is -0.476. The maximum absolute atomic E-state index is 13.5. The minimum absolute atomic E-state index is 0.0218. The molecule has 0 saturated carbocycles. The summed E-state index contributed by atoms with van der Waals surface area (Å²) in [6, 6.07) is 9.30. The zero-order chi connectivity index (χ0) is 20.5. The van der Waals surface area contributed by atoms with Crippen molar-refractivity contribution in [1.29, 1.82) is 0 Å². The predicted octanol–water partition coefficient (Wildman–Crippen LogP) is 4.54. The van der Waals surface area contributed by atoms with Gasteiger partial charge in [-0.05, 0) is 53.9 Å². The number of aromatic hydroxyl groups is 1. The highest BCUT2D eigenvalue weighted by molar-refractivity contribution is 6.07. The number of phenols is 1. The van der Waals surface area contributed by atoms with Gasteiger partial charge >= 0.3 is 6.18 Å². The minimum Gasteiger partial charge on any atom is -0.508 e. The Balaban J connectivity index is 2.46. The molecule has 8 heteroatoms. The lowest BCUT2D eigenvalue weighted by Gasteiger charge is -2.19. The highest BCUT2D eigenvalue weighted by Crippen LogP contribution is 2.41. The molecule has 0 aliphatic carbocycles. The van der Waals surface area contributed by atoms with E-state index >= 15 is 0 Å². The summed E-state index contributed by atoms with van der Waals surface area (Å²) in [6.45, 7) is 1.78. The Hall–Kier alpha value is -3.55. The van der Waals surface area contributed by atoms with Crippen LogP contribution in [0.2, 0.25) is 0 Å². The Morgan fingerprint density at radius 1 is 1.07 bits per heavy atom. The van der Waals surface area contributed by atoms with Crippen molar-refractivity contribution in [2.45, 2.75) is 13.1 Å². The molecule has 0 bridgehead atoms. The van der Waals surface area contributed by atoms with E-state index in [1.54, 1.807) is 19.2 Å². The zero-order valence-electron chi connectivity index (χ0n) is 14.7. The molecule has 0 saturated heterocycles. The van der Waals surface area contributed by atoms with Crippen molar-refractivity contribution in [3.8, 4) is 28.0 Å². The van der Waals surface area contributed by atoms with Crippen LogP contribution in [0.25, 0.3) is 22.3 Å². The minimum atomic E-state index is -4.64. The molecule has 3 rings (SSSR count). The maximum atomic E-state index is 13.5. The lowest BCUT2D eigenvalue weighted by atomic mass is 9.87. The second kappa shape index (κ2) is 7.22. The zero-order valence-corrected chi connectivity index (χ0v) is 14.7. The quantitative estimate of drug-likeness (QED) is 0.266. The number of phenolic OH excluding ortho intramolecular Hbond substituents is 1. The molecule has 0 amide bonds. The molecule has 1 aromatic heterocycles. The van der Waals surface area contributed by atoms with Gasteiger partial charge in [-0.3, -0.25) is 4.98 Å². The molecule has 4 N–H and O–H groups in total. The van der Waals surface area contributed by atoms with Crippen LogP contribution in [-0.4, -0.2) is 21.1 Å². The monoisotopic (exact) mass is 387 g/mol. The summed E-state index contributed by atoms with van der Waals surface area (Å²) in [4.78, 5) is 4.06. The topological polar surface area (TPSA) is 91.7 Å². The van der Waals surface area contributed by atoms with Gasteiger partial charge in [-0.15, -0.1) is 0 Å². The number of aryl methyl sites for hydroxylation is 1. The van der Waals surface area contributed by atoms with E-state index in [1.165, 1.54) is 30.5 Å². The van der Waals surface area contributed by atoms with Crippen LogP contribution >= 0.6 is 0 Å². The fraction of sp³-hybridized carbons (Fsp3) is 0.100. The number of benzene rings is 2. The SMILES string of the molecule is Cc1ccncc1-c1c(/C(N)=N/O)cc(C(F)(F)F)cc1-c1ccc(O)cc1. The van der Waals surface area contributed by atoms with Crippen LogP contribution in [-0.2, 0) is 6.18 Å². The Morgan fingerprint density at radius 3 is 2.32 bits per heavy atom. The van der Waals surface area contributed by atoms with Gasteiger partial charge in [-0.1, -0.05) is 17.3 Å². The number of aromatic nitrogens is 1. The molecule has 1 heterocycles. The van der Waals surface area contributed by atoms with Gasteiger partial charge in [0.05, 0.1) is 5.56 Å². The number of amidine groups is 1. The van der Waals surface area contributed by atoms with Crippen LogP contribution in [0.4, 0.5) is 13.2 Å². The van der Waals surface area contributed by atoms with Crippen molar-refractivity contribution in [3.63, 3.8) is 0 Å². The smallest absolute Gasteiger partial charge is 0.416 e. The maximum Gasteiger partial charge on any atom is 0.416 e. The van der Waals surface area contributed by atoms with E-state index < -0.39 is 17.6 Å². The standard InChI is InChI=1S/C20H16F3N3O2/c1-11-6-7-25-10-17(11)18-15(12-2-4-14(27)5-3-12)8-13(20(21,22)23)9-16(18)19(24)26-28/h2-10,27-28H,1H3,(H2,24,26). The number of oxime groups is 1. The van der Waals surface area contributed by atoms with E-state index in [0.717, 1.165) is 17.7 Å². The largest absolute Gasteiger partial charge is 0.508 e. The van der Waals surface area contributed by atoms with Crippen molar-refractivity contribution >= 4 is 5.84 Å². The van der Waals surface area contributed by atoms with Crippen LogP contribution in [0.15, 0.2) is 60.0 Å². The Kier molecular flexibility index (Phi) is 4.96. The van der Waals surface area contributed by atoms with E-state index in [1.807, 2.05) is 0 Å². The number of hydrogen-bond acceptors (Lipinski definition) is 4. The first-order valence-corrected chi connectivity index (χ1v) is 8.16.